The number of nitrogens with zero attached hydrogens (tertiary/aromatic N) is 4. The molecular formula is C18H18F2N6O. The van der Waals surface area contributed by atoms with Crippen LogP contribution in [0, 0.1) is 11.9 Å². The molecule has 0 aliphatic heterocycles. The van der Waals surface area contributed by atoms with Gasteiger partial charge >= 0.3 is 0 Å². The second-order valence-corrected chi connectivity index (χ2v) is 6.52. The van der Waals surface area contributed by atoms with Crippen LogP contribution in [0.2, 0.25) is 0 Å². The minimum atomic E-state index is -0.892. The number of fused-ring (bicyclic) bond motifs is 1. The lowest BCUT2D eigenvalue weighted by Crippen LogP contribution is -2.32. The van der Waals surface area contributed by atoms with Crippen molar-refractivity contribution in [3.63, 3.8) is 0 Å². The highest BCUT2D eigenvalue weighted by Gasteiger charge is 2.24. The van der Waals surface area contributed by atoms with Crippen LogP contribution >= 0.6 is 0 Å². The molecule has 0 atom stereocenters. The van der Waals surface area contributed by atoms with E-state index in [1.165, 1.54) is 0 Å². The molecule has 9 heteroatoms. The Balaban J connectivity index is 1.40. The maximum absolute atomic E-state index is 13.2. The van der Waals surface area contributed by atoms with E-state index < -0.39 is 11.9 Å². The molecule has 3 aromatic rings. The number of nitrogens with one attached hydrogen (secondary N) is 1. The molecule has 3 N–H and O–H groups in total. The number of benzene rings is 1. The molecule has 2 aromatic heterocycles. The fourth-order valence-electron chi connectivity index (χ4n) is 3.30. The minimum Gasteiger partial charge on any atom is -0.488 e. The van der Waals surface area contributed by atoms with Crippen LogP contribution in [0.25, 0.3) is 11.0 Å². The lowest BCUT2D eigenvalue weighted by molar-refractivity contribution is 0.151. The van der Waals surface area contributed by atoms with Gasteiger partial charge in [0.2, 0.25) is 17.8 Å². The van der Waals surface area contributed by atoms with E-state index in [4.69, 9.17) is 10.5 Å². The summed E-state index contributed by atoms with van der Waals surface area (Å²) in [6.45, 7) is 0. The van der Waals surface area contributed by atoms with Crippen LogP contribution < -0.4 is 15.8 Å². The monoisotopic (exact) mass is 372 g/mol. The molecule has 1 aromatic carbocycles. The Hall–Kier alpha value is -3.10. The first-order valence-electron chi connectivity index (χ1n) is 8.70. The normalized spacial score (nSPS) is 19.8. The molecule has 27 heavy (non-hydrogen) atoms. The standard InChI is InChI=1S/C18H18F2N6O/c19-15-9-16(20)26-18(25-15)24-11-1-3-12(4-2-11)27-14-8-10(21)7-13-17(14)23-6-5-22-13/h5-9,11-12H,1-4,21H2,(H,24,25,26). The molecule has 7 nitrogen and oxygen atoms in total. The first-order valence-corrected chi connectivity index (χ1v) is 8.70. The van der Waals surface area contributed by atoms with E-state index in [1.54, 1.807) is 24.5 Å². The molecule has 1 saturated carbocycles. The Morgan fingerprint density at radius 3 is 2.41 bits per heavy atom. The summed E-state index contributed by atoms with van der Waals surface area (Å²) in [5.74, 6) is -1.20. The maximum Gasteiger partial charge on any atom is 0.228 e. The van der Waals surface area contributed by atoms with Gasteiger partial charge in [-0.15, -0.1) is 0 Å². The largest absolute Gasteiger partial charge is 0.488 e. The number of hydrogen-bond acceptors (Lipinski definition) is 7. The molecule has 0 radical (unpaired) electrons. The van der Waals surface area contributed by atoms with Crippen LogP contribution in [0.4, 0.5) is 20.4 Å². The number of halogens is 2. The van der Waals surface area contributed by atoms with Gasteiger partial charge in [-0.05, 0) is 31.7 Å². The van der Waals surface area contributed by atoms with Crippen LogP contribution in [-0.4, -0.2) is 32.1 Å². The van der Waals surface area contributed by atoms with Crippen molar-refractivity contribution < 1.29 is 13.5 Å². The zero-order valence-corrected chi connectivity index (χ0v) is 14.4. The van der Waals surface area contributed by atoms with Crippen molar-refractivity contribution in [3.05, 3.63) is 42.5 Å². The Labute approximate surface area is 154 Å². The van der Waals surface area contributed by atoms with Gasteiger partial charge in [0.05, 0.1) is 11.6 Å². The summed E-state index contributed by atoms with van der Waals surface area (Å²) in [6.07, 6.45) is 6.29. The fourth-order valence-corrected chi connectivity index (χ4v) is 3.30. The summed E-state index contributed by atoms with van der Waals surface area (Å²) in [7, 11) is 0. The van der Waals surface area contributed by atoms with Crippen molar-refractivity contribution in [2.45, 2.75) is 37.8 Å². The van der Waals surface area contributed by atoms with E-state index in [0.29, 0.717) is 28.5 Å². The van der Waals surface area contributed by atoms with E-state index >= 15 is 0 Å². The molecule has 140 valence electrons. The van der Waals surface area contributed by atoms with Crippen molar-refractivity contribution >= 4 is 22.7 Å². The molecule has 1 fully saturated rings. The highest BCUT2D eigenvalue weighted by atomic mass is 19.1. The van der Waals surface area contributed by atoms with Crippen molar-refractivity contribution in [1.29, 1.82) is 0 Å². The van der Waals surface area contributed by atoms with Crippen LogP contribution in [0.15, 0.2) is 30.6 Å². The summed E-state index contributed by atoms with van der Waals surface area (Å²) in [4.78, 5) is 15.7. The molecule has 0 unspecified atom stereocenters. The molecule has 2 heterocycles. The van der Waals surface area contributed by atoms with Crippen molar-refractivity contribution in [2.75, 3.05) is 11.1 Å². The highest BCUT2D eigenvalue weighted by Crippen LogP contribution is 2.30. The summed E-state index contributed by atoms with van der Waals surface area (Å²) in [6, 6.07) is 4.19. The van der Waals surface area contributed by atoms with E-state index in [9.17, 15) is 8.78 Å². The van der Waals surface area contributed by atoms with E-state index in [0.717, 1.165) is 25.7 Å². The number of nitrogens with two attached hydrogens (primary N) is 1. The van der Waals surface area contributed by atoms with Crippen LogP contribution in [-0.2, 0) is 0 Å². The molecule has 0 saturated heterocycles. The Morgan fingerprint density at radius 2 is 1.67 bits per heavy atom. The summed E-state index contributed by atoms with van der Waals surface area (Å²) in [5.41, 5.74) is 7.86. The number of anilines is 2. The Kier molecular flexibility index (Phi) is 4.66. The van der Waals surface area contributed by atoms with Gasteiger partial charge < -0.3 is 15.8 Å². The number of rotatable bonds is 4. The van der Waals surface area contributed by atoms with Gasteiger partial charge in [0, 0.05) is 36.3 Å². The van der Waals surface area contributed by atoms with Crippen molar-refractivity contribution in [2.24, 2.45) is 0 Å². The van der Waals surface area contributed by atoms with Crippen molar-refractivity contribution in [1.82, 2.24) is 19.9 Å². The van der Waals surface area contributed by atoms with Gasteiger partial charge in [-0.25, -0.2) is 4.98 Å². The molecule has 0 spiro atoms. The van der Waals surface area contributed by atoms with Gasteiger partial charge in [-0.3, -0.25) is 4.98 Å². The predicted octanol–water partition coefficient (Wildman–Crippen LogP) is 3.08. The van der Waals surface area contributed by atoms with Crippen molar-refractivity contribution in [3.8, 4) is 5.75 Å². The van der Waals surface area contributed by atoms with Crippen LogP contribution in [0.3, 0.4) is 0 Å². The molecule has 0 amide bonds. The summed E-state index contributed by atoms with van der Waals surface area (Å²) >= 11 is 0. The van der Waals surface area contributed by atoms with Gasteiger partial charge in [-0.2, -0.15) is 18.7 Å². The minimum absolute atomic E-state index is 0.000204. The van der Waals surface area contributed by atoms with Gasteiger partial charge in [0.25, 0.3) is 0 Å². The molecule has 4 rings (SSSR count). The van der Waals surface area contributed by atoms with Crippen LogP contribution in [0.5, 0.6) is 5.75 Å². The predicted molar refractivity (Wildman–Crippen MR) is 96.2 cm³/mol. The third-order valence-corrected chi connectivity index (χ3v) is 4.53. The van der Waals surface area contributed by atoms with Crippen LogP contribution in [0.1, 0.15) is 25.7 Å². The third kappa shape index (κ3) is 4.02. The third-order valence-electron chi connectivity index (χ3n) is 4.53. The number of ether oxygens (including phenoxy) is 1. The average molecular weight is 372 g/mol. The Bertz CT molecular complexity index is 941. The Morgan fingerprint density at radius 1 is 0.963 bits per heavy atom. The zero-order chi connectivity index (χ0) is 18.8. The topological polar surface area (TPSA) is 98.8 Å². The average Bonchev–Trinajstić information content (AvgIpc) is 2.62. The lowest BCUT2D eigenvalue weighted by Gasteiger charge is -2.29. The van der Waals surface area contributed by atoms with Gasteiger partial charge in [0.1, 0.15) is 11.3 Å². The highest BCUT2D eigenvalue weighted by molar-refractivity contribution is 5.84. The first-order chi connectivity index (χ1) is 13.1. The summed E-state index contributed by atoms with van der Waals surface area (Å²) in [5, 5.41) is 2.99. The van der Waals surface area contributed by atoms with Gasteiger partial charge in [-0.1, -0.05) is 0 Å². The molecular weight excluding hydrogens is 354 g/mol. The second-order valence-electron chi connectivity index (χ2n) is 6.52. The zero-order valence-electron chi connectivity index (χ0n) is 14.4. The first kappa shape index (κ1) is 17.3. The smallest absolute Gasteiger partial charge is 0.228 e. The van der Waals surface area contributed by atoms with E-state index in [2.05, 4.69) is 25.3 Å². The SMILES string of the molecule is Nc1cc(OC2CCC(Nc3nc(F)cc(F)n3)CC2)c2nccnc2c1. The van der Waals surface area contributed by atoms with Gasteiger partial charge in [0.15, 0.2) is 0 Å². The molecule has 1 aliphatic carbocycles. The van der Waals surface area contributed by atoms with E-state index in [1.807, 2.05) is 0 Å². The maximum atomic E-state index is 13.2. The molecule has 1 aliphatic rings. The number of nitrogen functional groups attached to an aromatic ring is 1. The quantitative estimate of drug-likeness (QED) is 0.536. The number of hydrogen-bond donors (Lipinski definition) is 2. The fraction of sp³-hybridized carbons (Fsp3) is 0.333. The molecule has 0 bridgehead atoms. The lowest BCUT2D eigenvalue weighted by atomic mass is 9.93. The summed E-state index contributed by atoms with van der Waals surface area (Å²) < 4.78 is 32.5. The number of aromatic nitrogens is 4. The second kappa shape index (κ2) is 7.26. The van der Waals surface area contributed by atoms with E-state index in [-0.39, 0.29) is 18.1 Å².